The Kier molecular flexibility index (Phi) is 6.21. The molecule has 0 aliphatic rings. The van der Waals surface area contributed by atoms with Crippen LogP contribution >= 0.6 is 0 Å². The first-order chi connectivity index (χ1) is 9.36. The van der Waals surface area contributed by atoms with E-state index in [-0.39, 0.29) is 17.7 Å². The lowest BCUT2D eigenvalue weighted by Crippen LogP contribution is -2.38. The van der Waals surface area contributed by atoms with Crippen LogP contribution in [0.15, 0.2) is 24.3 Å². The Morgan fingerprint density at radius 2 is 1.70 bits per heavy atom. The van der Waals surface area contributed by atoms with Gasteiger partial charge in [0.2, 0.25) is 5.91 Å². The van der Waals surface area contributed by atoms with Crippen molar-refractivity contribution in [1.82, 2.24) is 4.90 Å². The number of hydrogen-bond donors (Lipinski definition) is 1. The molecule has 0 spiro atoms. The van der Waals surface area contributed by atoms with E-state index in [9.17, 15) is 4.79 Å². The number of nitrogens with two attached hydrogens (primary N) is 1. The normalized spacial score (nSPS) is 12.8. The van der Waals surface area contributed by atoms with Crippen LogP contribution in [0.25, 0.3) is 0 Å². The molecule has 0 saturated carbocycles. The Morgan fingerprint density at radius 1 is 1.15 bits per heavy atom. The second kappa shape index (κ2) is 7.44. The first kappa shape index (κ1) is 16.7. The molecule has 0 aliphatic carbocycles. The van der Waals surface area contributed by atoms with E-state index in [0.717, 1.165) is 5.56 Å². The van der Waals surface area contributed by atoms with E-state index in [1.807, 2.05) is 20.9 Å². The maximum Gasteiger partial charge on any atom is 0.227 e. The van der Waals surface area contributed by atoms with Crippen LogP contribution in [0, 0.1) is 11.8 Å². The summed E-state index contributed by atoms with van der Waals surface area (Å²) in [6.45, 7) is 9.49. The van der Waals surface area contributed by atoms with Crippen LogP contribution in [0.3, 0.4) is 0 Å². The zero-order valence-corrected chi connectivity index (χ0v) is 13.4. The van der Waals surface area contributed by atoms with Crippen molar-refractivity contribution in [1.29, 1.82) is 0 Å². The summed E-state index contributed by atoms with van der Waals surface area (Å²) < 4.78 is 0. The summed E-state index contributed by atoms with van der Waals surface area (Å²) in [5.41, 5.74) is 8.19. The summed E-state index contributed by atoms with van der Waals surface area (Å²) in [7, 11) is 1.85. The van der Waals surface area contributed by atoms with Crippen molar-refractivity contribution in [2.75, 3.05) is 13.6 Å². The fourth-order valence-corrected chi connectivity index (χ4v) is 2.30. The van der Waals surface area contributed by atoms with E-state index >= 15 is 0 Å². The molecular formula is C17H28N2O. The van der Waals surface area contributed by atoms with Crippen LogP contribution in [0.5, 0.6) is 0 Å². The zero-order valence-electron chi connectivity index (χ0n) is 13.4. The quantitative estimate of drug-likeness (QED) is 0.868. The molecule has 20 heavy (non-hydrogen) atoms. The predicted molar refractivity (Wildman–Crippen MR) is 84.4 cm³/mol. The summed E-state index contributed by atoms with van der Waals surface area (Å²) in [5, 5.41) is 0. The average molecular weight is 276 g/mol. The number of rotatable bonds is 6. The molecule has 1 rings (SSSR count). The van der Waals surface area contributed by atoms with Crippen molar-refractivity contribution < 1.29 is 4.79 Å². The minimum atomic E-state index is -0.0880. The summed E-state index contributed by atoms with van der Waals surface area (Å²) >= 11 is 0. The van der Waals surface area contributed by atoms with Crippen LogP contribution < -0.4 is 5.73 Å². The highest BCUT2D eigenvalue weighted by molar-refractivity contribution is 5.79. The molecule has 0 aliphatic heterocycles. The summed E-state index contributed by atoms with van der Waals surface area (Å²) in [5.74, 6) is 0.856. The van der Waals surface area contributed by atoms with E-state index in [4.69, 9.17) is 5.73 Å². The number of benzene rings is 1. The molecule has 2 N–H and O–H groups in total. The Morgan fingerprint density at radius 3 is 2.10 bits per heavy atom. The van der Waals surface area contributed by atoms with Crippen LogP contribution in [0.2, 0.25) is 0 Å². The van der Waals surface area contributed by atoms with Gasteiger partial charge in [-0.15, -0.1) is 0 Å². The Labute approximate surface area is 123 Å². The van der Waals surface area contributed by atoms with Gasteiger partial charge >= 0.3 is 0 Å². The highest BCUT2D eigenvalue weighted by Crippen LogP contribution is 2.17. The van der Waals surface area contributed by atoms with Crippen molar-refractivity contribution >= 4 is 5.91 Å². The van der Waals surface area contributed by atoms with Crippen LogP contribution in [0.1, 0.15) is 44.7 Å². The second-order valence-electron chi connectivity index (χ2n) is 6.18. The number of carbonyl (C=O) groups excluding carboxylic acids is 1. The van der Waals surface area contributed by atoms with Crippen molar-refractivity contribution in [2.24, 2.45) is 17.6 Å². The van der Waals surface area contributed by atoms with E-state index in [1.165, 1.54) is 5.56 Å². The molecule has 0 bridgehead atoms. The number of hydrogen-bond acceptors (Lipinski definition) is 2. The molecule has 1 amide bonds. The maximum atomic E-state index is 12.3. The molecule has 0 saturated heterocycles. The third-order valence-electron chi connectivity index (χ3n) is 3.82. The molecule has 3 heteroatoms. The largest absolute Gasteiger partial charge is 0.341 e. The van der Waals surface area contributed by atoms with Crippen LogP contribution in [-0.2, 0) is 11.3 Å². The number of amides is 1. The molecule has 1 atom stereocenters. The number of carbonyl (C=O) groups is 1. The molecule has 1 aromatic carbocycles. The molecule has 0 fully saturated rings. The third kappa shape index (κ3) is 4.34. The van der Waals surface area contributed by atoms with Gasteiger partial charge in [-0.05, 0) is 23.0 Å². The molecule has 0 radical (unpaired) electrons. The highest BCUT2D eigenvalue weighted by atomic mass is 16.2. The first-order valence-corrected chi connectivity index (χ1v) is 7.40. The molecule has 0 heterocycles. The van der Waals surface area contributed by atoms with Crippen molar-refractivity contribution in [3.05, 3.63) is 35.4 Å². The highest BCUT2D eigenvalue weighted by Gasteiger charge is 2.23. The van der Waals surface area contributed by atoms with Gasteiger partial charge in [-0.3, -0.25) is 4.79 Å². The fourth-order valence-electron chi connectivity index (χ4n) is 2.30. The van der Waals surface area contributed by atoms with Gasteiger partial charge in [-0.2, -0.15) is 0 Å². The van der Waals surface area contributed by atoms with Gasteiger partial charge in [0.1, 0.15) is 0 Å². The van der Waals surface area contributed by atoms with Gasteiger partial charge < -0.3 is 10.6 Å². The van der Waals surface area contributed by atoms with E-state index in [2.05, 4.69) is 38.1 Å². The van der Waals surface area contributed by atoms with Crippen LogP contribution in [0.4, 0.5) is 0 Å². The maximum absolute atomic E-state index is 12.3. The van der Waals surface area contributed by atoms with E-state index in [0.29, 0.717) is 19.0 Å². The average Bonchev–Trinajstić information content (AvgIpc) is 2.39. The molecule has 112 valence electrons. The molecule has 0 aromatic heterocycles. The van der Waals surface area contributed by atoms with E-state index < -0.39 is 0 Å². The van der Waals surface area contributed by atoms with E-state index in [1.54, 1.807) is 4.90 Å². The first-order valence-electron chi connectivity index (χ1n) is 7.40. The van der Waals surface area contributed by atoms with Crippen LogP contribution in [-0.4, -0.2) is 24.4 Å². The van der Waals surface area contributed by atoms with Gasteiger partial charge in [0.15, 0.2) is 0 Å². The van der Waals surface area contributed by atoms with Gasteiger partial charge in [-0.25, -0.2) is 0 Å². The van der Waals surface area contributed by atoms with Crippen molar-refractivity contribution in [3.63, 3.8) is 0 Å². The Hall–Kier alpha value is -1.35. The number of nitrogens with zero attached hydrogens (tertiary/aromatic N) is 1. The van der Waals surface area contributed by atoms with Gasteiger partial charge in [-0.1, -0.05) is 52.0 Å². The lowest BCUT2D eigenvalue weighted by atomic mass is 9.94. The topological polar surface area (TPSA) is 46.3 Å². The molecule has 1 unspecified atom stereocenters. The van der Waals surface area contributed by atoms with Gasteiger partial charge in [0.05, 0.1) is 5.92 Å². The summed E-state index contributed by atoms with van der Waals surface area (Å²) in [6.07, 6.45) is 0. The SMILES string of the molecule is CC(C)c1ccc(CN(C)C(=O)C(CN)C(C)C)cc1. The minimum Gasteiger partial charge on any atom is -0.341 e. The Balaban J connectivity index is 2.70. The summed E-state index contributed by atoms with van der Waals surface area (Å²) in [6, 6.07) is 8.49. The smallest absolute Gasteiger partial charge is 0.227 e. The summed E-state index contributed by atoms with van der Waals surface area (Å²) in [4.78, 5) is 14.1. The molecule has 1 aromatic rings. The molecule has 3 nitrogen and oxygen atoms in total. The lowest BCUT2D eigenvalue weighted by molar-refractivity contribution is -0.135. The van der Waals surface area contributed by atoms with Gasteiger partial charge in [0, 0.05) is 20.1 Å². The fraction of sp³-hybridized carbons (Fsp3) is 0.588. The predicted octanol–water partition coefficient (Wildman–Crippen LogP) is 3.00. The standard InChI is InChI=1S/C17H28N2O/c1-12(2)15-8-6-14(7-9-15)11-19(5)17(20)16(10-18)13(3)4/h6-9,12-13,16H,10-11,18H2,1-5H3. The van der Waals surface area contributed by atoms with Crippen molar-refractivity contribution in [2.45, 2.75) is 40.2 Å². The minimum absolute atomic E-state index is 0.0880. The van der Waals surface area contributed by atoms with Gasteiger partial charge in [0.25, 0.3) is 0 Å². The van der Waals surface area contributed by atoms with Crippen molar-refractivity contribution in [3.8, 4) is 0 Å². The zero-order chi connectivity index (χ0) is 15.3. The second-order valence-corrected chi connectivity index (χ2v) is 6.18. The molecular weight excluding hydrogens is 248 g/mol. The Bertz CT molecular complexity index is 423. The lowest BCUT2D eigenvalue weighted by Gasteiger charge is -2.25. The monoisotopic (exact) mass is 276 g/mol. The third-order valence-corrected chi connectivity index (χ3v) is 3.82.